The molecule has 1 rings (SSSR count). The number of hydrogen-bond acceptors (Lipinski definition) is 6. The Labute approximate surface area is 74.7 Å². The zero-order valence-electron chi connectivity index (χ0n) is 7.19. The Morgan fingerprint density at radius 1 is 1.23 bits per heavy atom. The molecule has 6 heteroatoms. The van der Waals surface area contributed by atoms with E-state index in [-0.39, 0.29) is 0 Å². The Bertz CT molecular complexity index is 193. The van der Waals surface area contributed by atoms with Crippen molar-refractivity contribution < 1.29 is 29.6 Å². The van der Waals surface area contributed by atoms with Crippen LogP contribution in [0.5, 0.6) is 0 Å². The van der Waals surface area contributed by atoms with Gasteiger partial charge in [0.15, 0.2) is 0 Å². The lowest BCUT2D eigenvalue weighted by Crippen LogP contribution is -2.64. The van der Waals surface area contributed by atoms with Gasteiger partial charge in [0, 0.05) is 6.92 Å². The summed E-state index contributed by atoms with van der Waals surface area (Å²) >= 11 is 0. The first kappa shape index (κ1) is 10.2. The van der Waals surface area contributed by atoms with Crippen molar-refractivity contribution in [2.45, 2.75) is 12.7 Å². The van der Waals surface area contributed by atoms with Crippen LogP contribution >= 0.6 is 0 Å². The lowest BCUT2D eigenvalue weighted by atomic mass is 9.81. The minimum atomic E-state index is -1.44. The number of carbonyl (C=O) groups excluding carboxylic acids is 1. The predicted octanol–water partition coefficient (Wildman–Crippen LogP) is -1.17. The normalized spacial score (nSPS) is 20.2. The van der Waals surface area contributed by atoms with Gasteiger partial charge in [-0.1, -0.05) is 0 Å². The molecule has 76 valence electrons. The third-order valence-corrected chi connectivity index (χ3v) is 2.43. The van der Waals surface area contributed by atoms with Crippen LogP contribution in [0.3, 0.4) is 0 Å². The molecule has 0 aromatic carbocycles. The second-order valence-corrected chi connectivity index (χ2v) is 3.15. The van der Waals surface area contributed by atoms with Gasteiger partial charge in [-0.25, -0.2) is 4.79 Å². The second-order valence-electron chi connectivity index (χ2n) is 3.15. The summed E-state index contributed by atoms with van der Waals surface area (Å²) < 4.78 is 9.25. The summed E-state index contributed by atoms with van der Waals surface area (Å²) in [6.07, 6.45) is -0.873. The Morgan fingerprint density at radius 3 is 1.85 bits per heavy atom. The van der Waals surface area contributed by atoms with Crippen LogP contribution < -0.4 is 0 Å². The highest BCUT2D eigenvalue weighted by atomic mass is 16.9. The molecular formula is C7H12O6. The van der Waals surface area contributed by atoms with Crippen LogP contribution in [0.1, 0.15) is 6.92 Å². The van der Waals surface area contributed by atoms with Gasteiger partial charge in [0.1, 0.15) is 5.41 Å². The van der Waals surface area contributed by atoms with Gasteiger partial charge in [-0.3, -0.25) is 0 Å². The van der Waals surface area contributed by atoms with Crippen LogP contribution in [0.4, 0.5) is 4.79 Å². The first-order valence-electron chi connectivity index (χ1n) is 3.78. The molecule has 1 aliphatic rings. The van der Waals surface area contributed by atoms with E-state index in [1.807, 2.05) is 0 Å². The fourth-order valence-electron chi connectivity index (χ4n) is 1.12. The smallest absolute Gasteiger partial charge is 0.395 e. The van der Waals surface area contributed by atoms with E-state index in [2.05, 4.69) is 9.47 Å². The highest BCUT2D eigenvalue weighted by Gasteiger charge is 2.60. The van der Waals surface area contributed by atoms with Gasteiger partial charge in [0.2, 0.25) is 0 Å². The number of carbonyl (C=O) groups is 1. The monoisotopic (exact) mass is 192 g/mol. The van der Waals surface area contributed by atoms with Gasteiger partial charge in [0.05, 0.1) is 19.8 Å². The van der Waals surface area contributed by atoms with Crippen molar-refractivity contribution in [1.29, 1.82) is 0 Å². The molecule has 1 heterocycles. The Hall–Kier alpha value is -0.850. The molecule has 3 N–H and O–H groups in total. The van der Waals surface area contributed by atoms with E-state index in [1.165, 1.54) is 6.92 Å². The lowest BCUT2D eigenvalue weighted by molar-refractivity contribution is -0.335. The number of hydrogen-bond donors (Lipinski definition) is 3. The van der Waals surface area contributed by atoms with Crippen molar-refractivity contribution in [3.8, 4) is 0 Å². The fraction of sp³-hybridized carbons (Fsp3) is 0.857. The van der Waals surface area contributed by atoms with Crippen LogP contribution in [0.2, 0.25) is 0 Å². The lowest BCUT2D eigenvalue weighted by Gasteiger charge is -2.47. The van der Waals surface area contributed by atoms with Crippen molar-refractivity contribution in [2.75, 3.05) is 19.8 Å². The number of ether oxygens (including phenoxy) is 2. The highest BCUT2D eigenvalue weighted by Crippen LogP contribution is 2.41. The molecule has 0 radical (unpaired) electrons. The average molecular weight is 192 g/mol. The van der Waals surface area contributed by atoms with Gasteiger partial charge in [-0.15, -0.1) is 0 Å². The van der Waals surface area contributed by atoms with Crippen LogP contribution in [0.25, 0.3) is 0 Å². The molecular weight excluding hydrogens is 180 g/mol. The average Bonchev–Trinajstić information content (AvgIpc) is 2.06. The van der Waals surface area contributed by atoms with Gasteiger partial charge in [0.25, 0.3) is 5.79 Å². The zero-order valence-corrected chi connectivity index (χ0v) is 7.19. The molecule has 0 aromatic heterocycles. The SMILES string of the molecule is CC1(C(CO)(CO)CO)OC(=O)O1. The second kappa shape index (κ2) is 3.13. The summed E-state index contributed by atoms with van der Waals surface area (Å²) in [6.45, 7) is -0.242. The molecule has 0 saturated carbocycles. The maximum atomic E-state index is 10.4. The largest absolute Gasteiger partial charge is 0.514 e. The molecule has 1 aliphatic heterocycles. The quantitative estimate of drug-likeness (QED) is 0.486. The van der Waals surface area contributed by atoms with Crippen molar-refractivity contribution >= 4 is 6.16 Å². The van der Waals surface area contributed by atoms with Crippen molar-refractivity contribution in [3.63, 3.8) is 0 Å². The summed E-state index contributed by atoms with van der Waals surface area (Å²) in [4.78, 5) is 10.4. The van der Waals surface area contributed by atoms with E-state index >= 15 is 0 Å². The number of rotatable bonds is 4. The molecule has 0 bridgehead atoms. The molecule has 0 aliphatic carbocycles. The molecule has 0 amide bonds. The molecule has 1 saturated heterocycles. The van der Waals surface area contributed by atoms with E-state index < -0.39 is 37.2 Å². The number of aliphatic hydroxyl groups excluding tert-OH is 3. The van der Waals surface area contributed by atoms with Gasteiger partial charge < -0.3 is 24.8 Å². The molecule has 0 spiro atoms. The maximum Gasteiger partial charge on any atom is 0.514 e. The Morgan fingerprint density at radius 2 is 1.62 bits per heavy atom. The minimum Gasteiger partial charge on any atom is -0.395 e. The third kappa shape index (κ3) is 1.27. The standard InChI is InChI=1S/C7H12O6/c1-6(12-5(11)13-6)7(2-8,3-9)4-10/h8-10H,2-4H2,1H3. The van der Waals surface area contributed by atoms with Crippen molar-refractivity contribution in [3.05, 3.63) is 0 Å². The number of cyclic esters (lactones) is 2. The first-order chi connectivity index (χ1) is 6.03. The third-order valence-electron chi connectivity index (χ3n) is 2.43. The van der Waals surface area contributed by atoms with E-state index in [9.17, 15) is 4.79 Å². The van der Waals surface area contributed by atoms with Crippen LogP contribution in [-0.2, 0) is 9.47 Å². The van der Waals surface area contributed by atoms with Crippen molar-refractivity contribution in [2.24, 2.45) is 5.41 Å². The molecule has 1 fully saturated rings. The van der Waals surface area contributed by atoms with Crippen LogP contribution in [0.15, 0.2) is 0 Å². The van der Waals surface area contributed by atoms with Gasteiger partial charge in [-0.05, 0) is 0 Å². The van der Waals surface area contributed by atoms with Crippen LogP contribution in [0, 0.1) is 5.41 Å². The summed E-state index contributed by atoms with van der Waals surface area (Å²) in [5.74, 6) is -1.44. The zero-order chi connectivity index (χ0) is 10.1. The van der Waals surface area contributed by atoms with E-state index in [1.54, 1.807) is 0 Å². The van der Waals surface area contributed by atoms with Crippen molar-refractivity contribution in [1.82, 2.24) is 0 Å². The topological polar surface area (TPSA) is 96.2 Å². The predicted molar refractivity (Wildman–Crippen MR) is 39.7 cm³/mol. The van der Waals surface area contributed by atoms with E-state index in [0.29, 0.717) is 0 Å². The van der Waals surface area contributed by atoms with Crippen LogP contribution in [-0.4, -0.2) is 47.1 Å². The molecule has 0 unspecified atom stereocenters. The first-order valence-corrected chi connectivity index (χ1v) is 3.78. The molecule has 13 heavy (non-hydrogen) atoms. The minimum absolute atomic E-state index is 0.538. The molecule has 6 nitrogen and oxygen atoms in total. The molecule has 0 aromatic rings. The summed E-state index contributed by atoms with van der Waals surface area (Å²) in [7, 11) is 0. The summed E-state index contributed by atoms with van der Waals surface area (Å²) in [5.41, 5.74) is -1.36. The van der Waals surface area contributed by atoms with E-state index in [0.717, 1.165) is 0 Å². The highest BCUT2D eigenvalue weighted by molar-refractivity contribution is 5.65. The molecule has 0 atom stereocenters. The van der Waals surface area contributed by atoms with E-state index in [4.69, 9.17) is 15.3 Å². The Balaban J connectivity index is 2.81. The van der Waals surface area contributed by atoms with Gasteiger partial charge >= 0.3 is 6.16 Å². The Kier molecular flexibility index (Phi) is 2.47. The van der Waals surface area contributed by atoms with Gasteiger partial charge in [-0.2, -0.15) is 0 Å². The maximum absolute atomic E-state index is 10.4. The number of aliphatic hydroxyl groups is 3. The summed E-state index contributed by atoms with van der Waals surface area (Å²) in [6, 6.07) is 0. The fourth-order valence-corrected chi connectivity index (χ4v) is 1.12. The summed E-state index contributed by atoms with van der Waals surface area (Å²) in [5, 5.41) is 26.9.